The molecule has 88 valence electrons. The molecule has 1 N–H and O–H groups in total. The van der Waals surface area contributed by atoms with Gasteiger partial charge in [-0.2, -0.15) is 0 Å². The van der Waals surface area contributed by atoms with Gasteiger partial charge < -0.3 is 14.6 Å². The number of para-hydroxylation sites is 1. The van der Waals surface area contributed by atoms with Crippen LogP contribution < -0.4 is 4.74 Å². The van der Waals surface area contributed by atoms with Gasteiger partial charge in [0.1, 0.15) is 17.9 Å². The number of carboxylic acid groups (broad SMARTS) is 1. The Morgan fingerprint density at radius 1 is 1.44 bits per heavy atom. The molecule has 4 nitrogen and oxygen atoms in total. The molecule has 16 heavy (non-hydrogen) atoms. The second-order valence-corrected chi connectivity index (χ2v) is 3.38. The van der Waals surface area contributed by atoms with Crippen molar-refractivity contribution < 1.29 is 19.4 Å². The zero-order chi connectivity index (χ0) is 12.0. The van der Waals surface area contributed by atoms with Crippen LogP contribution in [0.2, 0.25) is 0 Å². The molecular weight excluding hydrogens is 208 g/mol. The summed E-state index contributed by atoms with van der Waals surface area (Å²) in [5, 5.41) is 8.92. The summed E-state index contributed by atoms with van der Waals surface area (Å²) < 4.78 is 10.7. The van der Waals surface area contributed by atoms with Gasteiger partial charge in [-0.25, -0.2) is 4.79 Å². The molecule has 1 rings (SSSR count). The first-order valence-electron chi connectivity index (χ1n) is 5.21. The second kappa shape index (κ2) is 6.12. The lowest BCUT2D eigenvalue weighted by atomic mass is 10.2. The first-order chi connectivity index (χ1) is 7.65. The summed E-state index contributed by atoms with van der Waals surface area (Å²) in [4.78, 5) is 10.9. The second-order valence-electron chi connectivity index (χ2n) is 3.38. The Kier molecular flexibility index (Phi) is 4.79. The molecule has 1 unspecified atom stereocenters. The highest BCUT2D eigenvalue weighted by atomic mass is 16.5. The van der Waals surface area contributed by atoms with Gasteiger partial charge in [0.2, 0.25) is 0 Å². The van der Waals surface area contributed by atoms with E-state index < -0.39 is 5.97 Å². The number of carbonyl (C=O) groups is 1. The molecule has 0 radical (unpaired) electrons. The van der Waals surface area contributed by atoms with Gasteiger partial charge in [0.05, 0.1) is 6.10 Å². The van der Waals surface area contributed by atoms with E-state index in [0.29, 0.717) is 19.0 Å². The fraction of sp³-hybridized carbons (Fsp3) is 0.417. The molecule has 4 heteroatoms. The zero-order valence-corrected chi connectivity index (χ0v) is 9.47. The van der Waals surface area contributed by atoms with Crippen molar-refractivity contribution in [2.24, 2.45) is 0 Å². The molecule has 0 bridgehead atoms. The number of hydrogen-bond acceptors (Lipinski definition) is 3. The van der Waals surface area contributed by atoms with Crippen molar-refractivity contribution in [1.82, 2.24) is 0 Å². The van der Waals surface area contributed by atoms with Crippen LogP contribution in [-0.2, 0) is 4.74 Å². The molecule has 0 heterocycles. The molecule has 0 aliphatic rings. The van der Waals surface area contributed by atoms with Crippen molar-refractivity contribution in [2.45, 2.75) is 20.0 Å². The van der Waals surface area contributed by atoms with Crippen molar-refractivity contribution in [3.63, 3.8) is 0 Å². The van der Waals surface area contributed by atoms with E-state index in [9.17, 15) is 4.79 Å². The van der Waals surface area contributed by atoms with Crippen molar-refractivity contribution >= 4 is 5.97 Å². The quantitative estimate of drug-likeness (QED) is 0.804. The summed E-state index contributed by atoms with van der Waals surface area (Å²) in [7, 11) is 0. The Bertz CT molecular complexity index is 349. The Morgan fingerprint density at radius 3 is 2.75 bits per heavy atom. The standard InChI is InChI=1S/C12H16O4/c1-3-15-9(2)8-16-11-7-5-4-6-10(11)12(13)14/h4-7,9H,3,8H2,1-2H3,(H,13,14). The Labute approximate surface area is 94.8 Å². The zero-order valence-electron chi connectivity index (χ0n) is 9.47. The average molecular weight is 224 g/mol. The number of benzene rings is 1. The predicted octanol–water partition coefficient (Wildman–Crippen LogP) is 2.19. The highest BCUT2D eigenvalue weighted by molar-refractivity contribution is 5.90. The van der Waals surface area contributed by atoms with Crippen molar-refractivity contribution in [2.75, 3.05) is 13.2 Å². The molecule has 1 atom stereocenters. The first-order valence-corrected chi connectivity index (χ1v) is 5.21. The third kappa shape index (κ3) is 3.55. The van der Waals surface area contributed by atoms with Crippen molar-refractivity contribution in [1.29, 1.82) is 0 Å². The molecule has 1 aromatic carbocycles. The fourth-order valence-electron chi connectivity index (χ4n) is 1.31. The Morgan fingerprint density at radius 2 is 2.12 bits per heavy atom. The van der Waals surface area contributed by atoms with E-state index >= 15 is 0 Å². The molecular formula is C12H16O4. The number of aromatic carboxylic acids is 1. The van der Waals surface area contributed by atoms with E-state index in [4.69, 9.17) is 14.6 Å². The number of ether oxygens (including phenoxy) is 2. The maximum atomic E-state index is 10.9. The van der Waals surface area contributed by atoms with Gasteiger partial charge in [0.25, 0.3) is 0 Å². The average Bonchev–Trinajstić information content (AvgIpc) is 2.27. The predicted molar refractivity (Wildman–Crippen MR) is 60.0 cm³/mol. The maximum absolute atomic E-state index is 10.9. The minimum Gasteiger partial charge on any atom is -0.490 e. The lowest BCUT2D eigenvalue weighted by Gasteiger charge is -2.14. The summed E-state index contributed by atoms with van der Waals surface area (Å²) in [5.74, 6) is -0.610. The molecule has 0 saturated heterocycles. The van der Waals surface area contributed by atoms with Crippen LogP contribution in [0.15, 0.2) is 24.3 Å². The van der Waals surface area contributed by atoms with Crippen LogP contribution in [0.4, 0.5) is 0 Å². The molecule has 0 fully saturated rings. The van der Waals surface area contributed by atoms with E-state index in [1.165, 1.54) is 6.07 Å². The minimum absolute atomic E-state index is 0.0492. The Hall–Kier alpha value is -1.55. The SMILES string of the molecule is CCOC(C)COc1ccccc1C(=O)O. The third-order valence-corrected chi connectivity index (χ3v) is 2.04. The number of hydrogen-bond donors (Lipinski definition) is 1. The molecule has 0 aromatic heterocycles. The molecule has 0 spiro atoms. The van der Waals surface area contributed by atoms with Crippen LogP contribution in [0.3, 0.4) is 0 Å². The smallest absolute Gasteiger partial charge is 0.339 e. The van der Waals surface area contributed by atoms with Gasteiger partial charge in [-0.1, -0.05) is 12.1 Å². The highest BCUT2D eigenvalue weighted by Crippen LogP contribution is 2.18. The lowest BCUT2D eigenvalue weighted by molar-refractivity contribution is 0.0393. The van der Waals surface area contributed by atoms with Gasteiger partial charge in [0, 0.05) is 6.61 Å². The van der Waals surface area contributed by atoms with E-state index in [-0.39, 0.29) is 11.7 Å². The molecule has 0 aliphatic heterocycles. The van der Waals surface area contributed by atoms with E-state index in [2.05, 4.69) is 0 Å². The first kappa shape index (κ1) is 12.5. The summed E-state index contributed by atoms with van der Waals surface area (Å²) in [5.41, 5.74) is 0.172. The van der Waals surface area contributed by atoms with Gasteiger partial charge in [0.15, 0.2) is 0 Å². The fourth-order valence-corrected chi connectivity index (χ4v) is 1.31. The summed E-state index contributed by atoms with van der Waals surface area (Å²) in [6.07, 6.45) is -0.0492. The topological polar surface area (TPSA) is 55.8 Å². The van der Waals surface area contributed by atoms with E-state index in [0.717, 1.165) is 0 Å². The number of rotatable bonds is 6. The summed E-state index contributed by atoms with van der Waals surface area (Å²) in [6, 6.07) is 6.57. The van der Waals surface area contributed by atoms with Crippen LogP contribution >= 0.6 is 0 Å². The third-order valence-electron chi connectivity index (χ3n) is 2.04. The van der Waals surface area contributed by atoms with Gasteiger partial charge in [-0.05, 0) is 26.0 Å². The van der Waals surface area contributed by atoms with Crippen molar-refractivity contribution in [3.05, 3.63) is 29.8 Å². The molecule has 0 saturated carbocycles. The van der Waals surface area contributed by atoms with Crippen LogP contribution in [0, 0.1) is 0 Å². The van der Waals surface area contributed by atoms with Gasteiger partial charge in [-0.3, -0.25) is 0 Å². The lowest BCUT2D eigenvalue weighted by Crippen LogP contribution is -2.18. The van der Waals surface area contributed by atoms with Crippen LogP contribution in [0.5, 0.6) is 5.75 Å². The highest BCUT2D eigenvalue weighted by Gasteiger charge is 2.11. The van der Waals surface area contributed by atoms with Crippen LogP contribution in [0.25, 0.3) is 0 Å². The monoisotopic (exact) mass is 224 g/mol. The number of carboxylic acids is 1. The normalized spacial score (nSPS) is 12.1. The minimum atomic E-state index is -0.986. The van der Waals surface area contributed by atoms with Crippen LogP contribution in [-0.4, -0.2) is 30.4 Å². The molecule has 0 amide bonds. The Balaban J connectivity index is 2.63. The molecule has 1 aromatic rings. The largest absolute Gasteiger partial charge is 0.490 e. The van der Waals surface area contributed by atoms with Gasteiger partial charge >= 0.3 is 5.97 Å². The summed E-state index contributed by atoms with van der Waals surface area (Å²) >= 11 is 0. The van der Waals surface area contributed by atoms with Crippen LogP contribution in [0.1, 0.15) is 24.2 Å². The van der Waals surface area contributed by atoms with Gasteiger partial charge in [-0.15, -0.1) is 0 Å². The van der Waals surface area contributed by atoms with Crippen molar-refractivity contribution in [3.8, 4) is 5.75 Å². The van der Waals surface area contributed by atoms with E-state index in [1.807, 2.05) is 13.8 Å². The molecule has 0 aliphatic carbocycles. The maximum Gasteiger partial charge on any atom is 0.339 e. The summed E-state index contributed by atoms with van der Waals surface area (Å²) in [6.45, 7) is 4.75. The van der Waals surface area contributed by atoms with E-state index in [1.54, 1.807) is 18.2 Å².